The fourth-order valence-electron chi connectivity index (χ4n) is 10.4. The number of aryl methyl sites for hydroxylation is 1. The number of carbonyl (C=O) groups excluding carboxylic acids is 4. The van der Waals surface area contributed by atoms with E-state index in [1.54, 1.807) is 24.3 Å². The van der Waals surface area contributed by atoms with Crippen LogP contribution in [0.4, 0.5) is 63.1 Å². The molecule has 0 aliphatic heterocycles. The van der Waals surface area contributed by atoms with Crippen LogP contribution in [0, 0.1) is 6.92 Å². The van der Waals surface area contributed by atoms with Crippen LogP contribution in [0.3, 0.4) is 0 Å². The van der Waals surface area contributed by atoms with Crippen LogP contribution in [0.1, 0.15) is 62.8 Å². The van der Waals surface area contributed by atoms with Gasteiger partial charge in [0, 0.05) is 67.9 Å². The molecule has 0 fully saturated rings. The third kappa shape index (κ3) is 20.0. The molecule has 4 amide bonds. The van der Waals surface area contributed by atoms with Crippen LogP contribution in [0.5, 0.6) is 0 Å². The Morgan fingerprint density at radius 3 is 1.09 bits per heavy atom. The van der Waals surface area contributed by atoms with Crippen LogP contribution >= 0.6 is 46.4 Å². The van der Waals surface area contributed by atoms with Crippen LogP contribution in [0.2, 0.25) is 0 Å². The second kappa shape index (κ2) is 34.6. The highest BCUT2D eigenvalue weighted by Crippen LogP contribution is 2.32. The topological polar surface area (TPSA) is 268 Å². The lowest BCUT2D eigenvalue weighted by molar-refractivity contribution is -0.114. The molecular weight excluding hydrogens is 1350 g/mol. The zero-order valence-electron chi connectivity index (χ0n) is 56.0. The normalized spacial score (nSPS) is 10.9. The first-order valence-corrected chi connectivity index (χ1v) is 34.2. The zero-order valence-corrected chi connectivity index (χ0v) is 59.1. The van der Waals surface area contributed by atoms with E-state index in [0.29, 0.717) is 46.8 Å². The molecule has 4 aromatic heterocycles. The molecule has 9 aromatic carbocycles. The van der Waals surface area contributed by atoms with Crippen molar-refractivity contribution in [1.82, 2.24) is 39.9 Å². The van der Waals surface area contributed by atoms with Crippen LogP contribution < -0.4 is 42.5 Å². The predicted octanol–water partition coefficient (Wildman–Crippen LogP) is 18.0. The van der Waals surface area contributed by atoms with Crippen molar-refractivity contribution in [2.45, 2.75) is 59.4 Å². The van der Waals surface area contributed by atoms with Crippen LogP contribution in [-0.2, 0) is 31.1 Å². The van der Waals surface area contributed by atoms with Crippen LogP contribution in [-0.4, -0.2) is 87.0 Å². The maximum absolute atomic E-state index is 11.5. The Morgan fingerprint density at radius 2 is 0.713 bits per heavy atom. The molecule has 0 radical (unpaired) electrons. The summed E-state index contributed by atoms with van der Waals surface area (Å²) in [5.41, 5.74) is 13.5. The smallest absolute Gasteiger partial charge is 0.239 e. The van der Waals surface area contributed by atoms with E-state index in [0.717, 1.165) is 72.3 Å². The number of halogens is 4. The number of amides is 4. The minimum Gasteiger partial charge on any atom is -0.365 e. The van der Waals surface area contributed by atoms with Crippen molar-refractivity contribution in [3.63, 3.8) is 0 Å². The summed E-state index contributed by atoms with van der Waals surface area (Å²) < 4.78 is 0. The minimum atomic E-state index is -0.252. The van der Waals surface area contributed by atoms with E-state index >= 15 is 0 Å². The van der Waals surface area contributed by atoms with Gasteiger partial charge in [-0.05, 0) is 155 Å². The molecule has 8 N–H and O–H groups in total. The highest BCUT2D eigenvalue weighted by atomic mass is 35.5. The molecule has 0 saturated carbocycles. The van der Waals surface area contributed by atoms with Crippen molar-refractivity contribution in [2.75, 3.05) is 66.1 Å². The van der Waals surface area contributed by atoms with Gasteiger partial charge in [-0.2, -0.15) is 0 Å². The maximum Gasteiger partial charge on any atom is 0.239 e. The van der Waals surface area contributed by atoms with Crippen molar-refractivity contribution in [2.24, 2.45) is 0 Å². The SMILES string of the molecule is CC(C)(C)c1ccc(Nc2ncnc3cc(NC(=O)CCl)ccc23)cc1.CC(C)c1ccc(Nc2ncnc3cc(NC(=O)CCl)ccc23)cc1.Cc1ccc(Nc2ncnc3cc(NC(=O)CCl)ccc23)cc1.O=C(CCl)Nc1ccc2c(NCc3cccc4ccccc34)ncnc2c1. The van der Waals surface area contributed by atoms with Gasteiger partial charge in [-0.25, -0.2) is 39.9 Å². The number of nitrogens with one attached hydrogen (secondary N) is 8. The van der Waals surface area contributed by atoms with Gasteiger partial charge in [0.15, 0.2) is 0 Å². The van der Waals surface area contributed by atoms with E-state index in [1.165, 1.54) is 58.3 Å². The molecule has 512 valence electrons. The highest BCUT2D eigenvalue weighted by Gasteiger charge is 2.16. The van der Waals surface area contributed by atoms with E-state index in [2.05, 4.69) is 172 Å². The molecule has 101 heavy (non-hydrogen) atoms. The van der Waals surface area contributed by atoms with Gasteiger partial charge in [0.05, 0.1) is 22.1 Å². The number of nitrogens with zero attached hydrogens (tertiary/aromatic N) is 8. The first kappa shape index (κ1) is 72.6. The van der Waals surface area contributed by atoms with Gasteiger partial charge in [0.1, 0.15) is 72.1 Å². The number of hydrogen-bond donors (Lipinski definition) is 8. The van der Waals surface area contributed by atoms with Crippen molar-refractivity contribution in [3.8, 4) is 0 Å². The molecule has 0 saturated heterocycles. The zero-order chi connectivity index (χ0) is 71.4. The number of alkyl halides is 4. The van der Waals surface area contributed by atoms with E-state index in [9.17, 15) is 19.2 Å². The number of anilines is 11. The van der Waals surface area contributed by atoms with E-state index in [1.807, 2.05) is 116 Å². The molecule has 24 heteroatoms. The number of carbonyl (C=O) groups is 4. The summed E-state index contributed by atoms with van der Waals surface area (Å²) in [7, 11) is 0. The summed E-state index contributed by atoms with van der Waals surface area (Å²) in [6.07, 6.45) is 6.01. The number of benzene rings is 9. The number of rotatable bonds is 18. The lowest BCUT2D eigenvalue weighted by atomic mass is 9.87. The summed E-state index contributed by atoms with van der Waals surface area (Å²) in [6.45, 7) is 13.6. The fourth-order valence-corrected chi connectivity index (χ4v) is 10.7. The summed E-state index contributed by atoms with van der Waals surface area (Å²) in [5.74, 6) is 2.06. The Bertz CT molecular complexity index is 5060. The standard InChI is InChI=1S/C21H17ClN4O.C20H21ClN4O.C19H19ClN4O.C17H15ClN4O/c22-11-20(27)26-16-8-9-18-19(10-16)24-13-25-21(18)23-12-15-6-3-5-14-4-1-2-7-17(14)15;1-20(2,3)13-4-6-14(7-5-13)25-19-16-9-8-15(24-18(26)11-21)10-17(16)22-12-23-19;1-12(2)13-3-5-14(6-4-13)24-19-16-8-7-15(23-18(25)10-20)9-17(16)21-11-22-19;1-11-2-4-12(5-3-11)22-17-14-7-6-13(21-16(23)9-18)8-15(14)19-10-20-17/h1-10,13H,11-12H2,(H,26,27)(H,23,24,25);4-10,12H,11H2,1-3H3,(H,24,26)(H,22,23,25);3-9,11-12H,10H2,1-2H3,(H,23,25)(H,21,22,24);2-8,10H,9H2,1H3,(H,21,23)(H,19,20,22). The summed E-state index contributed by atoms with van der Waals surface area (Å²) in [4.78, 5) is 80.2. The third-order valence-electron chi connectivity index (χ3n) is 15.7. The Balaban J connectivity index is 0.000000145. The molecule has 20 nitrogen and oxygen atoms in total. The molecular formula is C77H72Cl4N16O4. The Hall–Kier alpha value is -11.2. The molecule has 0 aliphatic rings. The number of hydrogen-bond acceptors (Lipinski definition) is 16. The van der Waals surface area contributed by atoms with Crippen molar-refractivity contribution < 1.29 is 19.2 Å². The molecule has 0 unspecified atom stereocenters. The van der Waals surface area contributed by atoms with Crippen molar-refractivity contribution in [1.29, 1.82) is 0 Å². The van der Waals surface area contributed by atoms with Gasteiger partial charge in [-0.3, -0.25) is 19.2 Å². The maximum atomic E-state index is 11.5. The molecule has 0 bridgehead atoms. The van der Waals surface area contributed by atoms with Gasteiger partial charge in [-0.1, -0.05) is 119 Å². The van der Waals surface area contributed by atoms with Gasteiger partial charge in [0.25, 0.3) is 0 Å². The Labute approximate surface area is 603 Å². The number of aromatic nitrogens is 8. The van der Waals surface area contributed by atoms with Crippen LogP contribution in [0.25, 0.3) is 54.4 Å². The first-order chi connectivity index (χ1) is 48.8. The predicted molar refractivity (Wildman–Crippen MR) is 414 cm³/mol. The second-order valence-corrected chi connectivity index (χ2v) is 25.4. The van der Waals surface area contributed by atoms with E-state index < -0.39 is 0 Å². The summed E-state index contributed by atoms with van der Waals surface area (Å²) >= 11 is 22.1. The van der Waals surface area contributed by atoms with Crippen molar-refractivity contribution >= 4 is 187 Å². The molecule has 13 rings (SSSR count). The molecule has 13 aromatic rings. The first-order valence-electron chi connectivity index (χ1n) is 32.0. The van der Waals surface area contributed by atoms with Gasteiger partial charge in [0.2, 0.25) is 23.6 Å². The summed E-state index contributed by atoms with van der Waals surface area (Å²) in [5, 5.41) is 30.2. The monoisotopic (exact) mass is 1420 g/mol. The molecule has 0 aliphatic carbocycles. The second-order valence-electron chi connectivity index (χ2n) is 24.4. The molecule has 0 atom stereocenters. The molecule has 0 spiro atoms. The minimum absolute atomic E-state index is 0.0813. The van der Waals surface area contributed by atoms with E-state index in [-0.39, 0.29) is 52.6 Å². The van der Waals surface area contributed by atoms with Gasteiger partial charge < -0.3 is 42.5 Å². The molecule has 4 heterocycles. The van der Waals surface area contributed by atoms with E-state index in [4.69, 9.17) is 46.4 Å². The largest absolute Gasteiger partial charge is 0.365 e. The number of fused-ring (bicyclic) bond motifs is 5. The highest BCUT2D eigenvalue weighted by molar-refractivity contribution is 6.30. The van der Waals surface area contributed by atoms with Gasteiger partial charge in [-0.15, -0.1) is 46.4 Å². The Kier molecular flexibility index (Phi) is 24.8. The lowest BCUT2D eigenvalue weighted by Gasteiger charge is -2.19. The lowest BCUT2D eigenvalue weighted by Crippen LogP contribution is -2.12. The third-order valence-corrected chi connectivity index (χ3v) is 16.6. The average Bonchev–Trinajstić information content (AvgIpc) is 0.829. The Morgan fingerprint density at radius 1 is 0.376 bits per heavy atom. The average molecular weight is 1430 g/mol. The summed E-state index contributed by atoms with van der Waals surface area (Å²) in [6, 6.07) is 61.2. The fraction of sp³-hybridized carbons (Fsp3) is 0.169. The van der Waals surface area contributed by atoms with Crippen LogP contribution in [0.15, 0.2) is 213 Å². The van der Waals surface area contributed by atoms with Crippen molar-refractivity contribution in [3.05, 3.63) is 236 Å². The van der Waals surface area contributed by atoms with Gasteiger partial charge >= 0.3 is 0 Å². The quantitative estimate of drug-likeness (QED) is 0.0371.